The van der Waals surface area contributed by atoms with Crippen LogP contribution >= 0.6 is 11.6 Å². The standard InChI is InChI=1S/C29H34ClF3N10O2/c1-18-12-41(13-18)22-4-6-23(7-5-22)43-15-25(27(38-43)44-16-29(31,32)33)37-28-34-10-21(11-35-28)20-3-8-24(30)26(9-20)45-19(2)14-42-17-36-39-40-42/h3,8-11,15,17-19,22-23H,4-7,12-14,16H2,1-2H3,(H,34,35,37). The molecular formula is C29H34ClF3N10O2. The van der Waals surface area contributed by atoms with Crippen LogP contribution < -0.4 is 14.8 Å². The zero-order valence-electron chi connectivity index (χ0n) is 24.9. The van der Waals surface area contributed by atoms with Gasteiger partial charge in [-0.15, -0.1) is 10.2 Å². The van der Waals surface area contributed by atoms with Gasteiger partial charge in [0.1, 0.15) is 23.9 Å². The Labute approximate surface area is 262 Å². The SMILES string of the molecule is CC1CN(C2CCC(n3cc(Nc4ncc(-c5ccc(Cl)c(OC(C)Cn6cnnn6)c5)cn4)c(OCC(F)(F)F)n3)CC2)C1. The summed E-state index contributed by atoms with van der Waals surface area (Å²) >= 11 is 6.38. The second-order valence-corrected chi connectivity index (χ2v) is 12.2. The third kappa shape index (κ3) is 7.82. The maximum absolute atomic E-state index is 13.0. The maximum Gasteiger partial charge on any atom is 0.422 e. The zero-order chi connectivity index (χ0) is 31.6. The summed E-state index contributed by atoms with van der Waals surface area (Å²) in [6, 6.07) is 5.95. The molecule has 0 radical (unpaired) electrons. The highest BCUT2D eigenvalue weighted by atomic mass is 35.5. The van der Waals surface area contributed by atoms with Crippen LogP contribution in [0.1, 0.15) is 45.6 Å². The van der Waals surface area contributed by atoms with E-state index in [2.05, 4.69) is 47.7 Å². The van der Waals surface area contributed by atoms with Crippen LogP contribution in [0.15, 0.2) is 43.1 Å². The van der Waals surface area contributed by atoms with E-state index in [1.54, 1.807) is 40.1 Å². The van der Waals surface area contributed by atoms with Gasteiger partial charge in [0.2, 0.25) is 5.95 Å². The number of likely N-dealkylation sites (tertiary alicyclic amines) is 1. The molecule has 1 saturated heterocycles. The molecule has 1 N–H and O–H groups in total. The number of halogens is 4. The average molecular weight is 647 g/mol. The summed E-state index contributed by atoms with van der Waals surface area (Å²) in [6.45, 7) is 5.38. The van der Waals surface area contributed by atoms with E-state index >= 15 is 0 Å². The fourth-order valence-electron chi connectivity index (χ4n) is 5.85. The molecule has 16 heteroatoms. The molecule has 12 nitrogen and oxygen atoms in total. The Hall–Kier alpha value is -3.98. The number of alkyl halides is 3. The molecule has 1 saturated carbocycles. The largest absolute Gasteiger partial charge is 0.487 e. The van der Waals surface area contributed by atoms with Crippen LogP contribution in [0, 0.1) is 5.92 Å². The van der Waals surface area contributed by atoms with Crippen molar-refractivity contribution in [3.63, 3.8) is 0 Å². The van der Waals surface area contributed by atoms with Crippen molar-refractivity contribution in [3.8, 4) is 22.8 Å². The second-order valence-electron chi connectivity index (χ2n) is 11.8. The lowest BCUT2D eigenvalue weighted by Gasteiger charge is -2.45. The van der Waals surface area contributed by atoms with Crippen molar-refractivity contribution < 1.29 is 22.6 Å². The third-order valence-electron chi connectivity index (χ3n) is 8.05. The fourth-order valence-corrected chi connectivity index (χ4v) is 6.02. The van der Waals surface area contributed by atoms with E-state index in [1.165, 1.54) is 6.33 Å². The highest BCUT2D eigenvalue weighted by molar-refractivity contribution is 6.32. The summed E-state index contributed by atoms with van der Waals surface area (Å²) in [5, 5.41) is 18.9. The first-order valence-corrected chi connectivity index (χ1v) is 15.3. The van der Waals surface area contributed by atoms with Crippen LogP contribution in [0.2, 0.25) is 5.02 Å². The van der Waals surface area contributed by atoms with Crippen molar-refractivity contribution in [1.29, 1.82) is 0 Å². The number of rotatable bonds is 11. The second kappa shape index (κ2) is 13.2. The zero-order valence-corrected chi connectivity index (χ0v) is 25.6. The molecule has 6 rings (SSSR count). The van der Waals surface area contributed by atoms with E-state index in [1.807, 2.05) is 13.0 Å². The van der Waals surface area contributed by atoms with Crippen molar-refractivity contribution in [2.24, 2.45) is 5.92 Å². The predicted octanol–water partition coefficient (Wildman–Crippen LogP) is 5.57. The minimum absolute atomic E-state index is 0.0731. The molecule has 4 aromatic rings. The molecule has 1 unspecified atom stereocenters. The van der Waals surface area contributed by atoms with Crippen LogP contribution in [0.25, 0.3) is 11.1 Å². The predicted molar refractivity (Wildman–Crippen MR) is 159 cm³/mol. The average Bonchev–Trinajstić information content (AvgIpc) is 3.66. The lowest BCUT2D eigenvalue weighted by atomic mass is 9.87. The van der Waals surface area contributed by atoms with E-state index < -0.39 is 12.8 Å². The molecule has 1 aliphatic heterocycles. The van der Waals surface area contributed by atoms with Crippen LogP contribution in [0.4, 0.5) is 24.8 Å². The molecule has 1 atom stereocenters. The van der Waals surface area contributed by atoms with Gasteiger partial charge in [-0.3, -0.25) is 9.58 Å². The van der Waals surface area contributed by atoms with Gasteiger partial charge in [0.05, 0.1) is 23.8 Å². The van der Waals surface area contributed by atoms with Gasteiger partial charge < -0.3 is 14.8 Å². The molecule has 1 aromatic carbocycles. The van der Waals surface area contributed by atoms with Crippen molar-refractivity contribution in [1.82, 2.24) is 44.9 Å². The van der Waals surface area contributed by atoms with Gasteiger partial charge in [0, 0.05) is 37.1 Å². The summed E-state index contributed by atoms with van der Waals surface area (Å²) in [5.41, 5.74) is 1.72. The van der Waals surface area contributed by atoms with E-state index in [9.17, 15) is 13.2 Å². The van der Waals surface area contributed by atoms with Crippen LogP contribution in [0.5, 0.6) is 11.6 Å². The molecule has 0 bridgehead atoms. The van der Waals surface area contributed by atoms with E-state index in [0.29, 0.717) is 28.9 Å². The summed E-state index contributed by atoms with van der Waals surface area (Å²) in [7, 11) is 0. The number of nitrogens with one attached hydrogen (secondary N) is 1. The summed E-state index contributed by atoms with van der Waals surface area (Å²) in [5.74, 6) is 1.26. The van der Waals surface area contributed by atoms with Gasteiger partial charge in [-0.2, -0.15) is 13.2 Å². The number of ether oxygens (including phenoxy) is 2. The molecule has 0 amide bonds. The van der Waals surface area contributed by atoms with Gasteiger partial charge in [-0.25, -0.2) is 14.6 Å². The lowest BCUT2D eigenvalue weighted by Crippen LogP contribution is -2.51. The summed E-state index contributed by atoms with van der Waals surface area (Å²) < 4.78 is 53.5. The van der Waals surface area contributed by atoms with Gasteiger partial charge in [0.25, 0.3) is 5.88 Å². The molecular weight excluding hydrogens is 613 g/mol. The minimum Gasteiger partial charge on any atom is -0.487 e. The fraction of sp³-hybridized carbons (Fsp3) is 0.517. The smallest absolute Gasteiger partial charge is 0.422 e. The monoisotopic (exact) mass is 646 g/mol. The molecule has 2 fully saturated rings. The highest BCUT2D eigenvalue weighted by Crippen LogP contribution is 2.37. The molecule has 1 aliphatic carbocycles. The van der Waals surface area contributed by atoms with E-state index in [4.69, 9.17) is 21.1 Å². The summed E-state index contributed by atoms with van der Waals surface area (Å²) in [4.78, 5) is 11.3. The number of hydrogen-bond donors (Lipinski definition) is 1. The Kier molecular flexibility index (Phi) is 9.08. The highest BCUT2D eigenvalue weighted by Gasteiger charge is 2.34. The van der Waals surface area contributed by atoms with Crippen LogP contribution in [-0.4, -0.2) is 82.9 Å². The number of tetrazole rings is 1. The molecule has 3 aromatic heterocycles. The Morgan fingerprint density at radius 3 is 2.47 bits per heavy atom. The van der Waals surface area contributed by atoms with Crippen LogP contribution in [-0.2, 0) is 6.54 Å². The Bertz CT molecular complexity index is 1550. The van der Waals surface area contributed by atoms with Crippen molar-refractivity contribution in [3.05, 3.63) is 48.1 Å². The molecule has 4 heterocycles. The number of aromatic nitrogens is 8. The number of anilines is 2. The third-order valence-corrected chi connectivity index (χ3v) is 8.36. The molecule has 45 heavy (non-hydrogen) atoms. The van der Waals surface area contributed by atoms with Crippen molar-refractivity contribution in [2.45, 2.75) is 70.4 Å². The van der Waals surface area contributed by atoms with Crippen molar-refractivity contribution >= 4 is 23.2 Å². The van der Waals surface area contributed by atoms with Gasteiger partial charge in [-0.1, -0.05) is 24.6 Å². The number of hydrogen-bond acceptors (Lipinski definition) is 10. The maximum atomic E-state index is 13.0. The Balaban J connectivity index is 1.13. The molecule has 240 valence electrons. The van der Waals surface area contributed by atoms with Gasteiger partial charge in [0.15, 0.2) is 6.61 Å². The molecule has 2 aliphatic rings. The Morgan fingerprint density at radius 2 is 1.80 bits per heavy atom. The van der Waals surface area contributed by atoms with Crippen molar-refractivity contribution in [2.75, 3.05) is 25.0 Å². The normalized spacial score (nSPS) is 20.0. The van der Waals surface area contributed by atoms with Crippen LogP contribution in [0.3, 0.4) is 0 Å². The summed E-state index contributed by atoms with van der Waals surface area (Å²) in [6.07, 6.45) is 5.46. The first kappa shape index (κ1) is 31.0. The number of benzene rings is 1. The van der Waals surface area contributed by atoms with E-state index in [-0.39, 0.29) is 29.7 Å². The van der Waals surface area contributed by atoms with Gasteiger partial charge in [-0.05, 0) is 66.6 Å². The quantitative estimate of drug-likeness (QED) is 0.221. The topological polar surface area (TPSA) is 121 Å². The first-order chi connectivity index (χ1) is 21.6. The van der Waals surface area contributed by atoms with Gasteiger partial charge >= 0.3 is 6.18 Å². The molecule has 0 spiro atoms. The minimum atomic E-state index is -4.50. The van der Waals surface area contributed by atoms with E-state index in [0.717, 1.165) is 50.3 Å². The first-order valence-electron chi connectivity index (χ1n) is 14.9. The Morgan fingerprint density at radius 1 is 1.07 bits per heavy atom. The number of nitrogens with zero attached hydrogens (tertiary/aromatic N) is 9. The lowest BCUT2D eigenvalue weighted by molar-refractivity contribution is -0.154.